The van der Waals surface area contributed by atoms with Crippen molar-refractivity contribution in [2.45, 2.75) is 26.0 Å². The van der Waals surface area contributed by atoms with Gasteiger partial charge in [0.15, 0.2) is 0 Å². The Morgan fingerprint density at radius 2 is 2.14 bits per heavy atom. The van der Waals surface area contributed by atoms with Gasteiger partial charge in [-0.15, -0.1) is 0 Å². The zero-order valence-corrected chi connectivity index (χ0v) is 14.1. The Hall–Kier alpha value is -1.14. The molecule has 120 valence electrons. The molecule has 0 aliphatic rings. The summed E-state index contributed by atoms with van der Waals surface area (Å²) in [6.45, 7) is 5.62. The summed E-state index contributed by atoms with van der Waals surface area (Å²) < 4.78 is 1.59. The molecule has 2 rings (SSSR count). The number of hydrogen-bond acceptors (Lipinski definition) is 4. The Balaban J connectivity index is 2.26. The van der Waals surface area contributed by atoms with E-state index < -0.39 is 5.60 Å². The molecule has 0 saturated carbocycles. The molecule has 0 saturated heterocycles. The van der Waals surface area contributed by atoms with Crippen LogP contribution in [0.2, 0.25) is 10.0 Å². The third kappa shape index (κ3) is 4.43. The van der Waals surface area contributed by atoms with Crippen molar-refractivity contribution in [1.29, 1.82) is 0 Å². The van der Waals surface area contributed by atoms with E-state index in [1.54, 1.807) is 29.2 Å². The van der Waals surface area contributed by atoms with Crippen LogP contribution < -0.4 is 5.32 Å². The normalized spacial score (nSPS) is 14.3. The first-order valence-electron chi connectivity index (χ1n) is 7.12. The van der Waals surface area contributed by atoms with Crippen LogP contribution in [0.5, 0.6) is 0 Å². The second kappa shape index (κ2) is 7.42. The summed E-state index contributed by atoms with van der Waals surface area (Å²) in [5.74, 6) is 0.483. The van der Waals surface area contributed by atoms with E-state index in [1.165, 1.54) is 6.33 Å². The highest BCUT2D eigenvalue weighted by Crippen LogP contribution is 2.31. The van der Waals surface area contributed by atoms with Crippen molar-refractivity contribution in [3.63, 3.8) is 0 Å². The van der Waals surface area contributed by atoms with Gasteiger partial charge in [-0.3, -0.25) is 0 Å². The fourth-order valence-electron chi connectivity index (χ4n) is 2.25. The summed E-state index contributed by atoms with van der Waals surface area (Å²) in [5.41, 5.74) is -0.588. The maximum absolute atomic E-state index is 11.2. The number of rotatable bonds is 7. The van der Waals surface area contributed by atoms with E-state index in [2.05, 4.69) is 29.2 Å². The average Bonchev–Trinajstić information content (AvgIpc) is 2.90. The topological polar surface area (TPSA) is 63.0 Å². The van der Waals surface area contributed by atoms with Crippen LogP contribution >= 0.6 is 23.2 Å². The minimum atomic E-state index is -1.20. The lowest BCUT2D eigenvalue weighted by molar-refractivity contribution is 0.0150. The van der Waals surface area contributed by atoms with Gasteiger partial charge < -0.3 is 10.4 Å². The van der Waals surface area contributed by atoms with Gasteiger partial charge in [-0.1, -0.05) is 43.1 Å². The smallest absolute Gasteiger partial charge is 0.137 e. The Bertz CT molecular complexity index is 604. The van der Waals surface area contributed by atoms with Crippen molar-refractivity contribution < 1.29 is 5.11 Å². The lowest BCUT2D eigenvalue weighted by Gasteiger charge is -2.30. The molecule has 0 spiro atoms. The van der Waals surface area contributed by atoms with Gasteiger partial charge in [-0.2, -0.15) is 5.10 Å². The Kier molecular flexibility index (Phi) is 5.81. The number of hydrogen-bond donors (Lipinski definition) is 2. The molecule has 0 amide bonds. The zero-order valence-electron chi connectivity index (χ0n) is 12.6. The number of halogens is 2. The Labute approximate surface area is 140 Å². The predicted octanol–water partition coefficient (Wildman–Crippen LogP) is 2.72. The van der Waals surface area contributed by atoms with E-state index in [-0.39, 0.29) is 6.54 Å². The van der Waals surface area contributed by atoms with Crippen molar-refractivity contribution in [2.75, 3.05) is 13.1 Å². The number of nitrogens with one attached hydrogen (secondary N) is 1. The molecule has 0 aliphatic carbocycles. The first kappa shape index (κ1) is 17.2. The Morgan fingerprint density at radius 3 is 2.73 bits per heavy atom. The molecule has 1 atom stereocenters. The molecule has 1 aromatic carbocycles. The van der Waals surface area contributed by atoms with Crippen LogP contribution in [0.15, 0.2) is 30.9 Å². The molecule has 1 heterocycles. The lowest BCUT2D eigenvalue weighted by Crippen LogP contribution is -2.43. The van der Waals surface area contributed by atoms with Crippen molar-refractivity contribution in [1.82, 2.24) is 20.1 Å². The standard InChI is InChI=1S/C15H20Cl2N4O/c1-11(2)6-18-7-15(22,8-21-10-19-9-20-21)13-4-3-12(16)5-14(13)17/h3-5,9-11,18,22H,6-8H2,1-2H3. The second-order valence-corrected chi connectivity index (χ2v) is 6.62. The maximum Gasteiger partial charge on any atom is 0.137 e. The highest BCUT2D eigenvalue weighted by Gasteiger charge is 2.32. The maximum atomic E-state index is 11.2. The van der Waals surface area contributed by atoms with Crippen molar-refractivity contribution >= 4 is 23.2 Å². The minimum Gasteiger partial charge on any atom is -0.382 e. The van der Waals surface area contributed by atoms with Gasteiger partial charge in [0.05, 0.1) is 6.54 Å². The molecule has 22 heavy (non-hydrogen) atoms. The van der Waals surface area contributed by atoms with Gasteiger partial charge in [-0.05, 0) is 24.6 Å². The third-order valence-electron chi connectivity index (χ3n) is 3.29. The molecule has 7 heteroatoms. The first-order chi connectivity index (χ1) is 10.4. The summed E-state index contributed by atoms with van der Waals surface area (Å²) in [5, 5.41) is 19.5. The zero-order chi connectivity index (χ0) is 16.2. The predicted molar refractivity (Wildman–Crippen MR) is 88.1 cm³/mol. The molecular formula is C15H20Cl2N4O. The van der Waals surface area contributed by atoms with Crippen LogP contribution in [-0.4, -0.2) is 33.0 Å². The summed E-state index contributed by atoms with van der Waals surface area (Å²) in [7, 11) is 0. The van der Waals surface area contributed by atoms with E-state index in [4.69, 9.17) is 23.2 Å². The van der Waals surface area contributed by atoms with Crippen LogP contribution in [0, 0.1) is 5.92 Å². The molecule has 0 bridgehead atoms. The van der Waals surface area contributed by atoms with Crippen molar-refractivity contribution in [3.8, 4) is 0 Å². The van der Waals surface area contributed by atoms with E-state index in [0.717, 1.165) is 6.54 Å². The van der Waals surface area contributed by atoms with Gasteiger partial charge in [0.1, 0.15) is 18.3 Å². The lowest BCUT2D eigenvalue weighted by atomic mass is 9.93. The summed E-state index contributed by atoms with van der Waals surface area (Å²) >= 11 is 12.2. The van der Waals surface area contributed by atoms with Crippen LogP contribution in [0.1, 0.15) is 19.4 Å². The minimum absolute atomic E-state index is 0.249. The number of nitrogens with zero attached hydrogens (tertiary/aromatic N) is 3. The van der Waals surface area contributed by atoms with Gasteiger partial charge >= 0.3 is 0 Å². The van der Waals surface area contributed by atoms with Crippen molar-refractivity contribution in [2.24, 2.45) is 5.92 Å². The molecule has 2 aromatic rings. The number of benzene rings is 1. The fraction of sp³-hybridized carbons (Fsp3) is 0.467. The molecule has 0 aliphatic heterocycles. The van der Waals surface area contributed by atoms with Crippen molar-refractivity contribution in [3.05, 3.63) is 46.5 Å². The van der Waals surface area contributed by atoms with E-state index in [0.29, 0.717) is 28.1 Å². The van der Waals surface area contributed by atoms with Gasteiger partial charge in [0, 0.05) is 22.2 Å². The summed E-state index contributed by atoms with van der Waals surface area (Å²) in [6, 6.07) is 5.10. The monoisotopic (exact) mass is 342 g/mol. The highest BCUT2D eigenvalue weighted by molar-refractivity contribution is 6.35. The second-order valence-electron chi connectivity index (χ2n) is 5.77. The Morgan fingerprint density at radius 1 is 1.36 bits per heavy atom. The molecular weight excluding hydrogens is 323 g/mol. The van der Waals surface area contributed by atoms with Crippen LogP contribution in [0.3, 0.4) is 0 Å². The molecule has 1 aromatic heterocycles. The fourth-order valence-corrected chi connectivity index (χ4v) is 2.84. The summed E-state index contributed by atoms with van der Waals surface area (Å²) in [6.07, 6.45) is 3.00. The van der Waals surface area contributed by atoms with Crippen LogP contribution in [0.25, 0.3) is 0 Å². The SMILES string of the molecule is CC(C)CNCC(O)(Cn1cncn1)c1ccc(Cl)cc1Cl. The molecule has 0 fully saturated rings. The average molecular weight is 343 g/mol. The van der Waals surface area contributed by atoms with E-state index >= 15 is 0 Å². The summed E-state index contributed by atoms with van der Waals surface area (Å²) in [4.78, 5) is 3.91. The number of aliphatic hydroxyl groups is 1. The molecule has 1 unspecified atom stereocenters. The quantitative estimate of drug-likeness (QED) is 0.811. The number of aromatic nitrogens is 3. The van der Waals surface area contributed by atoms with Gasteiger partial charge in [-0.25, -0.2) is 9.67 Å². The van der Waals surface area contributed by atoms with Crippen LogP contribution in [-0.2, 0) is 12.1 Å². The van der Waals surface area contributed by atoms with Gasteiger partial charge in [0.25, 0.3) is 0 Å². The third-order valence-corrected chi connectivity index (χ3v) is 3.84. The van der Waals surface area contributed by atoms with E-state index in [9.17, 15) is 5.11 Å². The molecule has 2 N–H and O–H groups in total. The van der Waals surface area contributed by atoms with Crippen LogP contribution in [0.4, 0.5) is 0 Å². The molecule has 5 nitrogen and oxygen atoms in total. The van der Waals surface area contributed by atoms with E-state index in [1.807, 2.05) is 0 Å². The van der Waals surface area contributed by atoms with Gasteiger partial charge in [0.2, 0.25) is 0 Å². The molecule has 0 radical (unpaired) electrons. The largest absolute Gasteiger partial charge is 0.382 e. The first-order valence-corrected chi connectivity index (χ1v) is 7.87. The highest BCUT2D eigenvalue weighted by atomic mass is 35.5.